The number of nitrogens with zero attached hydrogens (tertiary/aromatic N) is 1. The molecule has 0 unspecified atom stereocenters. The van der Waals surface area contributed by atoms with Crippen LogP contribution in [0.3, 0.4) is 0 Å². The molecule has 0 bridgehead atoms. The summed E-state index contributed by atoms with van der Waals surface area (Å²) >= 11 is 1.84. The van der Waals surface area contributed by atoms with Crippen molar-refractivity contribution in [1.82, 2.24) is 0 Å². The Balaban J connectivity index is 1.82. The molecular weight excluding hydrogens is 326 g/mol. The molecule has 1 heterocycles. The van der Waals surface area contributed by atoms with Gasteiger partial charge in [-0.3, -0.25) is 4.99 Å². The molecule has 4 rings (SSSR count). The van der Waals surface area contributed by atoms with Crippen LogP contribution in [0.5, 0.6) is 5.75 Å². The van der Waals surface area contributed by atoms with Gasteiger partial charge in [0, 0.05) is 22.1 Å². The molecule has 3 aromatic rings. The zero-order valence-electron chi connectivity index (χ0n) is 14.0. The number of thioether (sulfide) groups is 1. The third-order valence-corrected chi connectivity index (χ3v) is 5.76. The van der Waals surface area contributed by atoms with E-state index in [0.717, 1.165) is 23.4 Å². The molecule has 2 nitrogen and oxygen atoms in total. The predicted molar refractivity (Wildman–Crippen MR) is 105 cm³/mol. The number of phenolic OH excluding ortho intramolecular Hbond substituents is 1. The first-order valence-corrected chi connectivity index (χ1v) is 9.27. The number of para-hydroxylation sites is 2. The van der Waals surface area contributed by atoms with Gasteiger partial charge in [-0.25, -0.2) is 0 Å². The van der Waals surface area contributed by atoms with Gasteiger partial charge < -0.3 is 5.11 Å². The van der Waals surface area contributed by atoms with Crippen molar-refractivity contribution >= 4 is 23.2 Å². The van der Waals surface area contributed by atoms with Crippen LogP contribution < -0.4 is 0 Å². The molecule has 0 amide bonds. The summed E-state index contributed by atoms with van der Waals surface area (Å²) in [6, 6.07) is 24.4. The Morgan fingerprint density at radius 1 is 0.920 bits per heavy atom. The van der Waals surface area contributed by atoms with Crippen molar-refractivity contribution in [3.05, 3.63) is 89.5 Å². The minimum absolute atomic E-state index is 0.266. The molecule has 0 aliphatic carbocycles. The Hall–Kier alpha value is -2.52. The van der Waals surface area contributed by atoms with Gasteiger partial charge in [-0.05, 0) is 36.8 Å². The maximum atomic E-state index is 10.3. The number of aromatic hydroxyl groups is 1. The van der Waals surface area contributed by atoms with Gasteiger partial charge in [-0.2, -0.15) is 0 Å². The van der Waals surface area contributed by atoms with Crippen LogP contribution in [0.15, 0.2) is 82.7 Å². The number of hydrogen-bond donors (Lipinski definition) is 1. The number of aryl methyl sites for hydroxylation is 1. The van der Waals surface area contributed by atoms with E-state index in [1.807, 2.05) is 42.1 Å². The third kappa shape index (κ3) is 3.33. The number of fused-ring (bicyclic) bond motifs is 1. The van der Waals surface area contributed by atoms with Crippen LogP contribution in [-0.4, -0.2) is 10.8 Å². The van der Waals surface area contributed by atoms with Crippen LogP contribution >= 0.6 is 11.8 Å². The van der Waals surface area contributed by atoms with E-state index in [2.05, 4.69) is 43.3 Å². The molecule has 0 aromatic heterocycles. The van der Waals surface area contributed by atoms with E-state index >= 15 is 0 Å². The second-order valence-electron chi connectivity index (χ2n) is 6.26. The number of benzene rings is 3. The predicted octanol–water partition coefficient (Wildman–Crippen LogP) is 6.06. The van der Waals surface area contributed by atoms with Gasteiger partial charge in [-0.1, -0.05) is 54.1 Å². The minimum Gasteiger partial charge on any atom is -0.507 e. The maximum absolute atomic E-state index is 10.3. The van der Waals surface area contributed by atoms with Gasteiger partial charge in [0.25, 0.3) is 0 Å². The van der Waals surface area contributed by atoms with Gasteiger partial charge in [0.1, 0.15) is 5.75 Å². The second kappa shape index (κ2) is 6.77. The Morgan fingerprint density at radius 2 is 1.64 bits per heavy atom. The fourth-order valence-electron chi connectivity index (χ4n) is 3.07. The summed E-state index contributed by atoms with van der Waals surface area (Å²) in [5, 5.41) is 10.6. The highest BCUT2D eigenvalue weighted by atomic mass is 32.2. The van der Waals surface area contributed by atoms with Gasteiger partial charge >= 0.3 is 0 Å². The third-order valence-electron chi connectivity index (χ3n) is 4.43. The molecule has 0 spiro atoms. The molecule has 25 heavy (non-hydrogen) atoms. The van der Waals surface area contributed by atoms with Crippen LogP contribution in [-0.2, 0) is 0 Å². The average Bonchev–Trinajstić information content (AvgIpc) is 2.82. The highest BCUT2D eigenvalue weighted by molar-refractivity contribution is 7.99. The zero-order valence-corrected chi connectivity index (χ0v) is 14.8. The summed E-state index contributed by atoms with van der Waals surface area (Å²) in [6.45, 7) is 2.11. The summed E-state index contributed by atoms with van der Waals surface area (Å²) in [6.07, 6.45) is 0.778. The number of rotatable bonds is 2. The number of hydrogen-bond acceptors (Lipinski definition) is 3. The molecule has 3 aromatic carbocycles. The van der Waals surface area contributed by atoms with Crippen LogP contribution in [0.2, 0.25) is 0 Å². The van der Waals surface area contributed by atoms with E-state index in [-0.39, 0.29) is 11.0 Å². The SMILES string of the molecule is Cc1ccc([C@H]2CC(c3ccccc3O)=Nc3ccccc3S2)cc1. The van der Waals surface area contributed by atoms with Crippen LogP contribution in [0.25, 0.3) is 0 Å². The lowest BCUT2D eigenvalue weighted by atomic mass is 10.00. The Bertz CT molecular complexity index is 931. The Morgan fingerprint density at radius 3 is 2.44 bits per heavy atom. The van der Waals surface area contributed by atoms with E-state index in [1.165, 1.54) is 16.0 Å². The number of aliphatic imine (C=N–C) groups is 1. The maximum Gasteiger partial charge on any atom is 0.124 e. The fourth-order valence-corrected chi connectivity index (χ4v) is 4.30. The van der Waals surface area contributed by atoms with E-state index in [9.17, 15) is 5.11 Å². The summed E-state index contributed by atoms with van der Waals surface area (Å²) in [7, 11) is 0. The van der Waals surface area contributed by atoms with Crippen LogP contribution in [0.4, 0.5) is 5.69 Å². The Labute approximate surface area is 152 Å². The smallest absolute Gasteiger partial charge is 0.124 e. The number of phenols is 1. The quantitative estimate of drug-likeness (QED) is 0.612. The van der Waals surface area contributed by atoms with Crippen molar-refractivity contribution in [3.8, 4) is 5.75 Å². The zero-order chi connectivity index (χ0) is 17.2. The molecule has 1 aliphatic rings. The van der Waals surface area contributed by atoms with Crippen molar-refractivity contribution in [2.75, 3.05) is 0 Å². The summed E-state index contributed by atoms with van der Waals surface area (Å²) in [5.41, 5.74) is 5.27. The van der Waals surface area contributed by atoms with Crippen molar-refractivity contribution in [1.29, 1.82) is 0 Å². The average molecular weight is 345 g/mol. The lowest BCUT2D eigenvalue weighted by molar-refractivity contribution is 0.474. The topological polar surface area (TPSA) is 32.6 Å². The summed E-state index contributed by atoms with van der Waals surface area (Å²) in [4.78, 5) is 6.08. The summed E-state index contributed by atoms with van der Waals surface area (Å²) in [5.74, 6) is 0.285. The first-order valence-electron chi connectivity index (χ1n) is 8.39. The van der Waals surface area contributed by atoms with Crippen molar-refractivity contribution in [2.45, 2.75) is 23.5 Å². The highest BCUT2D eigenvalue weighted by Gasteiger charge is 2.23. The second-order valence-corrected chi connectivity index (χ2v) is 7.51. The van der Waals surface area contributed by atoms with E-state index in [1.54, 1.807) is 6.07 Å². The van der Waals surface area contributed by atoms with Gasteiger partial charge in [0.05, 0.1) is 11.4 Å². The minimum atomic E-state index is 0.266. The van der Waals surface area contributed by atoms with Crippen LogP contribution in [0, 0.1) is 6.92 Å². The molecule has 0 fully saturated rings. The van der Waals surface area contributed by atoms with Gasteiger partial charge in [-0.15, -0.1) is 11.8 Å². The normalized spacial score (nSPS) is 16.7. The molecule has 3 heteroatoms. The molecule has 0 radical (unpaired) electrons. The molecular formula is C22H19NOS. The van der Waals surface area contributed by atoms with E-state index in [0.29, 0.717) is 0 Å². The van der Waals surface area contributed by atoms with Gasteiger partial charge in [0.15, 0.2) is 0 Å². The largest absolute Gasteiger partial charge is 0.507 e. The van der Waals surface area contributed by atoms with Crippen molar-refractivity contribution in [3.63, 3.8) is 0 Å². The van der Waals surface area contributed by atoms with E-state index < -0.39 is 0 Å². The fraction of sp³-hybridized carbons (Fsp3) is 0.136. The van der Waals surface area contributed by atoms with Crippen LogP contribution in [0.1, 0.15) is 28.4 Å². The molecule has 1 atom stereocenters. The molecule has 124 valence electrons. The molecule has 1 aliphatic heterocycles. The molecule has 0 saturated carbocycles. The van der Waals surface area contributed by atoms with Crippen molar-refractivity contribution < 1.29 is 5.11 Å². The lowest BCUT2D eigenvalue weighted by Crippen LogP contribution is -2.05. The first kappa shape index (κ1) is 16.0. The van der Waals surface area contributed by atoms with E-state index in [4.69, 9.17) is 4.99 Å². The highest BCUT2D eigenvalue weighted by Crippen LogP contribution is 2.45. The first-order chi connectivity index (χ1) is 12.2. The van der Waals surface area contributed by atoms with Gasteiger partial charge in [0.2, 0.25) is 0 Å². The standard InChI is InChI=1S/C22H19NOS/c1-15-10-12-16(13-11-15)22-14-19(17-6-2-4-8-20(17)24)23-18-7-3-5-9-21(18)25-22/h2-13,22,24H,14H2,1H3/t22-/m1/s1. The molecule has 1 N–H and O–H groups in total. The van der Waals surface area contributed by atoms with Crippen molar-refractivity contribution in [2.24, 2.45) is 4.99 Å². The monoisotopic (exact) mass is 345 g/mol. The lowest BCUT2D eigenvalue weighted by Gasteiger charge is -2.16. The summed E-state index contributed by atoms with van der Waals surface area (Å²) < 4.78 is 0. The Kier molecular flexibility index (Phi) is 4.33. The molecule has 0 saturated heterocycles.